The first kappa shape index (κ1) is 17.8. The van der Waals surface area contributed by atoms with Crippen LogP contribution in [-0.4, -0.2) is 33.3 Å². The fraction of sp³-hybridized carbons (Fsp3) is 0.444. The van der Waals surface area contributed by atoms with E-state index in [2.05, 4.69) is 0 Å². The first-order chi connectivity index (χ1) is 11.1. The number of unbranched alkanes of at least 4 members (excludes halogenated alkanes) is 2. The van der Waals surface area contributed by atoms with Gasteiger partial charge in [0.1, 0.15) is 5.25 Å². The Hall–Kier alpha value is -1.59. The molecule has 1 aliphatic rings. The number of carboxylic acids is 1. The van der Waals surface area contributed by atoms with Crippen molar-refractivity contribution in [1.29, 1.82) is 0 Å². The number of carbonyl (C=O) groups excluding carboxylic acids is 1. The minimum absolute atomic E-state index is 0.0422. The summed E-state index contributed by atoms with van der Waals surface area (Å²) in [6.07, 6.45) is 5.10. The van der Waals surface area contributed by atoms with Gasteiger partial charge in [-0.25, -0.2) is 0 Å². The molecule has 23 heavy (non-hydrogen) atoms. The maximum atomic E-state index is 11.5. The van der Waals surface area contributed by atoms with Gasteiger partial charge in [0, 0.05) is 11.3 Å². The quantitative estimate of drug-likeness (QED) is 0.534. The molecule has 0 amide bonds. The van der Waals surface area contributed by atoms with Crippen molar-refractivity contribution in [3.63, 3.8) is 0 Å². The topological polar surface area (TPSA) is 74.6 Å². The van der Waals surface area contributed by atoms with Crippen molar-refractivity contribution in [2.24, 2.45) is 0 Å². The summed E-state index contributed by atoms with van der Waals surface area (Å²) in [6, 6.07) is 9.56. The number of benzene rings is 1. The van der Waals surface area contributed by atoms with Crippen LogP contribution in [-0.2, 0) is 9.59 Å². The minimum Gasteiger partial charge on any atom is -0.480 e. The Labute approximate surface area is 140 Å². The number of thioether (sulfide) groups is 1. The molecule has 0 fully saturated rings. The molecule has 1 aromatic rings. The van der Waals surface area contributed by atoms with E-state index in [1.807, 2.05) is 30.3 Å². The van der Waals surface area contributed by atoms with Crippen LogP contribution in [0.5, 0.6) is 0 Å². The average molecular weight is 334 g/mol. The fourth-order valence-corrected chi connectivity index (χ4v) is 3.67. The van der Waals surface area contributed by atoms with Crippen LogP contribution in [0, 0.1) is 0 Å². The highest BCUT2D eigenvalue weighted by molar-refractivity contribution is 8.00. The van der Waals surface area contributed by atoms with Gasteiger partial charge in [-0.3, -0.25) is 9.59 Å². The molecule has 0 bridgehead atoms. The number of carbonyl (C=O) groups is 2. The van der Waals surface area contributed by atoms with Crippen molar-refractivity contribution >= 4 is 23.5 Å². The lowest BCUT2D eigenvalue weighted by molar-refractivity contribution is -0.136. The number of rotatable bonds is 9. The molecule has 0 saturated heterocycles. The molecular weight excluding hydrogens is 312 g/mol. The van der Waals surface area contributed by atoms with Crippen LogP contribution in [0.1, 0.15) is 38.5 Å². The van der Waals surface area contributed by atoms with Crippen molar-refractivity contribution in [3.05, 3.63) is 42.0 Å². The van der Waals surface area contributed by atoms with Gasteiger partial charge in [-0.1, -0.05) is 31.0 Å². The summed E-state index contributed by atoms with van der Waals surface area (Å²) < 4.78 is 0. The van der Waals surface area contributed by atoms with Crippen molar-refractivity contribution in [1.82, 2.24) is 0 Å². The van der Waals surface area contributed by atoms with Gasteiger partial charge >= 0.3 is 5.97 Å². The molecule has 0 aliphatic heterocycles. The number of ketones is 1. The van der Waals surface area contributed by atoms with Crippen molar-refractivity contribution < 1.29 is 19.8 Å². The van der Waals surface area contributed by atoms with E-state index in [0.29, 0.717) is 12.8 Å². The van der Waals surface area contributed by atoms with Gasteiger partial charge in [0.15, 0.2) is 5.78 Å². The summed E-state index contributed by atoms with van der Waals surface area (Å²) in [5, 5.41) is 18.3. The second-order valence-corrected chi connectivity index (χ2v) is 7.02. The van der Waals surface area contributed by atoms with E-state index in [-0.39, 0.29) is 12.2 Å². The predicted octanol–water partition coefficient (Wildman–Crippen LogP) is 3.44. The SMILES string of the molecule is O=C1CC(O)C=C1CCCCCC(Sc1ccccc1)C(=O)O. The number of aliphatic hydroxyl groups is 1. The minimum atomic E-state index is -0.782. The Morgan fingerprint density at radius 1 is 1.22 bits per heavy atom. The third-order valence-electron chi connectivity index (χ3n) is 3.86. The molecule has 0 heterocycles. The normalized spacial score (nSPS) is 18.7. The molecule has 2 atom stereocenters. The fourth-order valence-electron chi connectivity index (χ4n) is 2.65. The molecule has 0 spiro atoms. The number of Topliss-reactive ketones (excluding diaryl/α,β-unsaturated/α-hetero) is 1. The molecular formula is C18H22O4S. The van der Waals surface area contributed by atoms with Gasteiger partial charge in [0.2, 0.25) is 0 Å². The van der Waals surface area contributed by atoms with Crippen LogP contribution in [0.2, 0.25) is 0 Å². The summed E-state index contributed by atoms with van der Waals surface area (Å²) in [5.41, 5.74) is 0.728. The highest BCUT2D eigenvalue weighted by Gasteiger charge is 2.22. The Morgan fingerprint density at radius 2 is 1.96 bits per heavy atom. The van der Waals surface area contributed by atoms with E-state index in [4.69, 9.17) is 0 Å². The number of carboxylic acid groups (broad SMARTS) is 1. The van der Waals surface area contributed by atoms with Crippen LogP contribution >= 0.6 is 11.8 Å². The summed E-state index contributed by atoms with van der Waals surface area (Å²) in [4.78, 5) is 23.9. The van der Waals surface area contributed by atoms with Crippen molar-refractivity contribution in [3.8, 4) is 0 Å². The second-order valence-electron chi connectivity index (χ2n) is 5.74. The van der Waals surface area contributed by atoms with E-state index < -0.39 is 17.3 Å². The van der Waals surface area contributed by atoms with E-state index in [1.54, 1.807) is 6.08 Å². The molecule has 1 aromatic carbocycles. The Morgan fingerprint density at radius 3 is 2.57 bits per heavy atom. The second kappa shape index (κ2) is 8.89. The lowest BCUT2D eigenvalue weighted by Crippen LogP contribution is -2.16. The van der Waals surface area contributed by atoms with E-state index >= 15 is 0 Å². The van der Waals surface area contributed by atoms with Crippen LogP contribution in [0.15, 0.2) is 46.9 Å². The summed E-state index contributed by atoms with van der Waals surface area (Å²) in [6.45, 7) is 0. The molecule has 4 nitrogen and oxygen atoms in total. The molecule has 124 valence electrons. The lowest BCUT2D eigenvalue weighted by Gasteiger charge is -2.11. The molecule has 2 rings (SSSR count). The molecule has 2 N–H and O–H groups in total. The predicted molar refractivity (Wildman–Crippen MR) is 90.5 cm³/mol. The monoisotopic (exact) mass is 334 g/mol. The summed E-state index contributed by atoms with van der Waals surface area (Å²) in [5.74, 6) is -0.740. The number of allylic oxidation sites excluding steroid dienone is 1. The molecule has 0 radical (unpaired) electrons. The Bertz CT molecular complexity index is 568. The first-order valence-electron chi connectivity index (χ1n) is 7.92. The number of aliphatic carboxylic acids is 1. The Balaban J connectivity index is 1.70. The van der Waals surface area contributed by atoms with Crippen molar-refractivity contribution in [2.75, 3.05) is 0 Å². The maximum absolute atomic E-state index is 11.5. The van der Waals surface area contributed by atoms with E-state index in [9.17, 15) is 19.8 Å². The largest absolute Gasteiger partial charge is 0.480 e. The highest BCUT2D eigenvalue weighted by Crippen LogP contribution is 2.27. The molecule has 0 saturated carbocycles. The standard InChI is InChI=1S/C18H22O4S/c19-14-11-13(16(20)12-14)7-3-1-6-10-17(18(21)22)23-15-8-4-2-5-9-15/h2,4-5,8-9,11,14,17,19H,1,3,6-7,10,12H2,(H,21,22). The highest BCUT2D eigenvalue weighted by atomic mass is 32.2. The zero-order valence-electron chi connectivity index (χ0n) is 13.0. The maximum Gasteiger partial charge on any atom is 0.316 e. The first-order valence-corrected chi connectivity index (χ1v) is 8.80. The zero-order chi connectivity index (χ0) is 16.7. The van der Waals surface area contributed by atoms with Crippen LogP contribution in [0.3, 0.4) is 0 Å². The number of hydrogen-bond donors (Lipinski definition) is 2. The molecule has 0 aromatic heterocycles. The van der Waals surface area contributed by atoms with Gasteiger partial charge in [-0.15, -0.1) is 11.8 Å². The van der Waals surface area contributed by atoms with Crippen molar-refractivity contribution in [2.45, 2.75) is 54.8 Å². The van der Waals surface area contributed by atoms with E-state index in [1.165, 1.54) is 11.8 Å². The van der Waals surface area contributed by atoms with Gasteiger partial charge in [0.05, 0.1) is 6.10 Å². The van der Waals surface area contributed by atoms with Crippen LogP contribution in [0.25, 0.3) is 0 Å². The van der Waals surface area contributed by atoms with Gasteiger partial charge < -0.3 is 10.2 Å². The average Bonchev–Trinajstić information content (AvgIpc) is 2.84. The third kappa shape index (κ3) is 5.84. The molecule has 5 heteroatoms. The summed E-state index contributed by atoms with van der Waals surface area (Å²) >= 11 is 1.38. The van der Waals surface area contributed by atoms with Gasteiger partial charge in [-0.05, 0) is 43.0 Å². The third-order valence-corrected chi connectivity index (χ3v) is 5.12. The van der Waals surface area contributed by atoms with Crippen LogP contribution < -0.4 is 0 Å². The number of aliphatic hydroxyl groups excluding tert-OH is 1. The Kier molecular flexibility index (Phi) is 6.86. The lowest BCUT2D eigenvalue weighted by atomic mass is 10.0. The van der Waals surface area contributed by atoms with Gasteiger partial charge in [-0.2, -0.15) is 0 Å². The molecule has 2 unspecified atom stereocenters. The summed E-state index contributed by atoms with van der Waals surface area (Å²) in [7, 11) is 0. The smallest absolute Gasteiger partial charge is 0.316 e. The zero-order valence-corrected chi connectivity index (χ0v) is 13.8. The van der Waals surface area contributed by atoms with Crippen LogP contribution in [0.4, 0.5) is 0 Å². The van der Waals surface area contributed by atoms with Gasteiger partial charge in [0.25, 0.3) is 0 Å². The molecule has 1 aliphatic carbocycles. The number of hydrogen-bond acceptors (Lipinski definition) is 4. The van der Waals surface area contributed by atoms with E-state index in [0.717, 1.165) is 29.7 Å².